The predicted molar refractivity (Wildman–Crippen MR) is 136 cm³/mol. The number of carboxylic acids is 1. The molecule has 0 bridgehead atoms. The second kappa shape index (κ2) is 11.2. The average molecular weight is 646 g/mol. The molecule has 0 aromatic heterocycles. The smallest absolute Gasteiger partial charge is 0.303 e. The fourth-order valence-electron chi connectivity index (χ4n) is 9.41. The zero-order valence-electron chi connectivity index (χ0n) is 23.0. The van der Waals surface area contributed by atoms with E-state index in [2.05, 4.69) is 0 Å². The molecule has 1 N–H and O–H groups in total. The van der Waals surface area contributed by atoms with Crippen molar-refractivity contribution in [1.82, 2.24) is 0 Å². The third-order valence-electron chi connectivity index (χ3n) is 11.0. The monoisotopic (exact) mass is 645 g/mol. The third-order valence-corrected chi connectivity index (χ3v) is 12.4. The van der Waals surface area contributed by atoms with E-state index < -0.39 is 90.0 Å². The van der Waals surface area contributed by atoms with Gasteiger partial charge in [-0.1, -0.05) is 20.8 Å². The van der Waals surface area contributed by atoms with Gasteiger partial charge in [-0.25, -0.2) is 25.3 Å². The molecule has 4 rings (SSSR count). The van der Waals surface area contributed by atoms with E-state index in [1.807, 2.05) is 13.8 Å². The third kappa shape index (κ3) is 6.93. The maximum Gasteiger partial charge on any atom is 0.303 e. The molecule has 0 unspecified atom stereocenters. The summed E-state index contributed by atoms with van der Waals surface area (Å²) in [6.07, 6.45) is -1.25. The van der Waals surface area contributed by atoms with Gasteiger partial charge in [0, 0.05) is 11.8 Å². The summed E-state index contributed by atoms with van der Waals surface area (Å²) >= 11 is 0. The van der Waals surface area contributed by atoms with Gasteiger partial charge >= 0.3 is 5.97 Å². The molecule has 0 saturated heterocycles. The van der Waals surface area contributed by atoms with Crippen LogP contribution in [-0.2, 0) is 48.5 Å². The van der Waals surface area contributed by atoms with Gasteiger partial charge in [-0.2, -0.15) is 0 Å². The Morgan fingerprint density at radius 3 is 2.05 bits per heavy atom. The highest BCUT2D eigenvalue weighted by molar-refractivity contribution is 7.81. The molecule has 0 heterocycles. The van der Waals surface area contributed by atoms with Crippen LogP contribution >= 0.6 is 0 Å². The fraction of sp³-hybridized carbons (Fsp3) is 0.958. The minimum absolute atomic E-state index is 0.0262. The Morgan fingerprint density at radius 2 is 1.49 bits per heavy atom. The van der Waals surface area contributed by atoms with E-state index in [1.165, 1.54) is 0 Å². The van der Waals surface area contributed by atoms with E-state index in [0.29, 0.717) is 25.7 Å². The van der Waals surface area contributed by atoms with E-state index in [1.54, 1.807) is 6.92 Å². The molecule has 238 valence electrons. The Balaban J connectivity index is 1.77. The van der Waals surface area contributed by atoms with Crippen LogP contribution in [0.4, 0.5) is 0 Å². The minimum Gasteiger partial charge on any atom is -0.726 e. The van der Waals surface area contributed by atoms with E-state index in [4.69, 9.17) is 12.5 Å². The SMILES string of the molecule is C[C@H](CCC(=O)O)[C@H]1CC[C@H]2[C@@H]3[C@H](OS(=O)(=O)[O-])C[C@@H]4C[C@H](OS(=O)(=O)[O-])CC[C@]4(C)[C@H]3C[C@H](OS(=O)(=O)[O-])[C@]12C. The van der Waals surface area contributed by atoms with Crippen molar-refractivity contribution in [1.29, 1.82) is 0 Å². The molecule has 17 heteroatoms. The van der Waals surface area contributed by atoms with Crippen LogP contribution in [0.3, 0.4) is 0 Å². The summed E-state index contributed by atoms with van der Waals surface area (Å²) in [6, 6.07) is 0. The summed E-state index contributed by atoms with van der Waals surface area (Å²) in [7, 11) is -15.4. The van der Waals surface area contributed by atoms with Gasteiger partial charge in [0.2, 0.25) is 31.2 Å². The molecule has 0 radical (unpaired) electrons. The summed E-state index contributed by atoms with van der Waals surface area (Å²) < 4.78 is 120. The van der Waals surface area contributed by atoms with Crippen LogP contribution in [0.1, 0.15) is 78.6 Å². The van der Waals surface area contributed by atoms with Crippen molar-refractivity contribution in [3.05, 3.63) is 0 Å². The first kappa shape index (κ1) is 33.0. The lowest BCUT2D eigenvalue weighted by Crippen LogP contribution is -2.63. The largest absolute Gasteiger partial charge is 0.726 e. The Bertz CT molecular complexity index is 1330. The molecule has 4 fully saturated rings. The number of carboxylic acid groups (broad SMARTS) is 1. The maximum atomic E-state index is 12.0. The van der Waals surface area contributed by atoms with E-state index in [0.717, 1.165) is 0 Å². The predicted octanol–water partition coefficient (Wildman–Crippen LogP) is 1.90. The summed E-state index contributed by atoms with van der Waals surface area (Å²) in [5.74, 6) is -3.34. The number of hydrogen-bond donors (Lipinski definition) is 1. The van der Waals surface area contributed by atoms with Crippen molar-refractivity contribution in [3.63, 3.8) is 0 Å². The molecule has 0 spiro atoms. The highest BCUT2D eigenvalue weighted by Crippen LogP contribution is 2.69. The van der Waals surface area contributed by atoms with Gasteiger partial charge in [-0.05, 0) is 92.3 Å². The first-order chi connectivity index (χ1) is 18.6. The molecular formula is C24H37O14S3-3. The zero-order valence-corrected chi connectivity index (χ0v) is 25.5. The van der Waals surface area contributed by atoms with E-state index in [-0.39, 0.29) is 43.9 Å². The van der Waals surface area contributed by atoms with Gasteiger partial charge in [0.25, 0.3) is 0 Å². The van der Waals surface area contributed by atoms with Crippen molar-refractivity contribution in [3.8, 4) is 0 Å². The van der Waals surface area contributed by atoms with Crippen LogP contribution in [-0.4, -0.2) is 68.3 Å². The number of carbonyl (C=O) groups is 1. The summed E-state index contributed by atoms with van der Waals surface area (Å²) in [5.41, 5.74) is -1.61. The lowest BCUT2D eigenvalue weighted by Gasteiger charge is -2.64. The fourth-order valence-corrected chi connectivity index (χ4v) is 11.0. The van der Waals surface area contributed by atoms with Crippen molar-refractivity contribution in [2.24, 2.45) is 46.3 Å². The molecule has 11 atom stereocenters. The van der Waals surface area contributed by atoms with Crippen LogP contribution in [0.5, 0.6) is 0 Å². The molecule has 0 amide bonds. The standard InChI is InChI=1S/C24H40O14S3/c1-13(4-7-21(25)26)16-5-6-17-22-18(12-20(24(16,17)3)38-41(33,34)35)23(2)9-8-15(36-39(27,28)29)10-14(23)11-19(22)37-40(30,31)32/h13-20,22H,4-12H2,1-3H3,(H,25,26)(H,27,28,29)(H,30,31,32)(H,33,34,35)/p-3/t13-,14+,15-,16-,17+,18+,19-,20+,22+,23+,24-/m1/s1. The molecule has 4 aliphatic carbocycles. The second-order valence-corrected chi connectivity index (χ2v) is 15.9. The number of fused-ring (bicyclic) bond motifs is 5. The van der Waals surface area contributed by atoms with Crippen molar-refractivity contribution in [2.75, 3.05) is 0 Å². The van der Waals surface area contributed by atoms with Gasteiger partial charge in [0.15, 0.2) is 0 Å². The van der Waals surface area contributed by atoms with E-state index >= 15 is 0 Å². The Hall–Kier alpha value is -0.920. The lowest BCUT2D eigenvalue weighted by molar-refractivity contribution is -0.196. The van der Waals surface area contributed by atoms with Gasteiger partial charge in [0.05, 0.1) is 18.3 Å². The molecule has 4 aliphatic rings. The highest BCUT2D eigenvalue weighted by Gasteiger charge is 2.67. The van der Waals surface area contributed by atoms with Crippen molar-refractivity contribution in [2.45, 2.75) is 96.9 Å². The maximum absolute atomic E-state index is 12.0. The van der Waals surface area contributed by atoms with E-state index in [9.17, 15) is 48.8 Å². The van der Waals surface area contributed by atoms with Gasteiger partial charge in [-0.15, -0.1) is 0 Å². The minimum atomic E-state index is -5.18. The average Bonchev–Trinajstić information content (AvgIpc) is 3.14. The molecule has 0 aromatic rings. The summed E-state index contributed by atoms with van der Waals surface area (Å²) in [5, 5.41) is 9.22. The molecule has 4 saturated carbocycles. The van der Waals surface area contributed by atoms with Crippen LogP contribution in [0.25, 0.3) is 0 Å². The molecule has 41 heavy (non-hydrogen) atoms. The molecule has 0 aliphatic heterocycles. The molecular weight excluding hydrogens is 608 g/mol. The number of rotatable bonds is 10. The van der Waals surface area contributed by atoms with Crippen molar-refractivity contribution < 1.29 is 61.4 Å². The number of aliphatic carboxylic acids is 1. The Kier molecular flexibility index (Phi) is 9.02. The van der Waals surface area contributed by atoms with Gasteiger partial charge in [0.1, 0.15) is 0 Å². The van der Waals surface area contributed by atoms with Gasteiger partial charge in [-0.3, -0.25) is 17.3 Å². The van der Waals surface area contributed by atoms with Crippen LogP contribution in [0.15, 0.2) is 0 Å². The first-order valence-electron chi connectivity index (χ1n) is 13.8. The Labute approximate surface area is 241 Å². The van der Waals surface area contributed by atoms with Crippen LogP contribution in [0, 0.1) is 46.3 Å². The van der Waals surface area contributed by atoms with Crippen LogP contribution < -0.4 is 0 Å². The zero-order chi connectivity index (χ0) is 30.8. The highest BCUT2D eigenvalue weighted by atomic mass is 32.3. The Morgan fingerprint density at radius 1 is 0.878 bits per heavy atom. The van der Waals surface area contributed by atoms with Gasteiger partial charge < -0.3 is 18.8 Å². The van der Waals surface area contributed by atoms with Crippen LogP contribution in [0.2, 0.25) is 0 Å². The molecule has 14 nitrogen and oxygen atoms in total. The summed E-state index contributed by atoms with van der Waals surface area (Å²) in [6.45, 7) is 5.57. The molecule has 0 aromatic carbocycles. The first-order valence-corrected chi connectivity index (χ1v) is 17.8. The lowest BCUT2D eigenvalue weighted by atomic mass is 9.43. The quantitative estimate of drug-likeness (QED) is 0.264. The summed E-state index contributed by atoms with van der Waals surface area (Å²) in [4.78, 5) is 11.3. The topological polar surface area (TPSA) is 237 Å². The second-order valence-electron chi connectivity index (χ2n) is 12.9. The normalized spacial score (nSPS) is 42.1. The number of hydrogen-bond acceptors (Lipinski definition) is 13. The van der Waals surface area contributed by atoms with Crippen molar-refractivity contribution >= 4 is 37.2 Å².